The van der Waals surface area contributed by atoms with Gasteiger partial charge in [0.2, 0.25) is 0 Å². The normalized spacial score (nSPS) is 31.2. The summed E-state index contributed by atoms with van der Waals surface area (Å²) in [5.41, 5.74) is 0. The van der Waals surface area contributed by atoms with Gasteiger partial charge < -0.3 is 0 Å². The highest BCUT2D eigenvalue weighted by Crippen LogP contribution is 2.33. The molecule has 0 spiro atoms. The molecule has 1 heterocycles. The highest BCUT2D eigenvalue weighted by atomic mass is 32.3. The Hall–Kier alpha value is -0.280. The van der Waals surface area contributed by atoms with Crippen molar-refractivity contribution in [2.45, 2.75) is 11.7 Å². The molecule has 9 heteroatoms. The first kappa shape index (κ1) is 9.81. The summed E-state index contributed by atoms with van der Waals surface area (Å²) in [7, 11) is -9.62. The molecule has 0 aromatic heterocycles. The smallest absolute Gasteiger partial charge is 0.198 e. The van der Waals surface area contributed by atoms with Crippen molar-refractivity contribution in [1.82, 2.24) is 0 Å². The fourth-order valence-corrected chi connectivity index (χ4v) is 3.34. The lowest BCUT2D eigenvalue weighted by Crippen LogP contribution is -2.39. The third-order valence-electron chi connectivity index (χ3n) is 1.20. The quantitative estimate of drug-likeness (QED) is 0.560. The van der Waals surface area contributed by atoms with Crippen molar-refractivity contribution in [3.05, 3.63) is 0 Å². The van der Waals surface area contributed by atoms with Gasteiger partial charge in [-0.15, -0.1) is 3.63 Å². The Kier molecular flexibility index (Phi) is 1.93. The van der Waals surface area contributed by atoms with Gasteiger partial charge in [-0.05, 0) is 0 Å². The van der Waals surface area contributed by atoms with E-state index in [4.69, 9.17) is 0 Å². The maximum atomic E-state index is 12.3. The van der Waals surface area contributed by atoms with E-state index in [-0.39, 0.29) is 0 Å². The Bertz CT molecular complexity index is 379. The lowest BCUT2D eigenvalue weighted by molar-refractivity contribution is 0.0739. The molecule has 0 aliphatic carbocycles. The van der Waals surface area contributed by atoms with Crippen LogP contribution in [0.15, 0.2) is 0 Å². The molecule has 0 saturated carbocycles. The van der Waals surface area contributed by atoms with Crippen molar-refractivity contribution in [3.63, 3.8) is 0 Å². The summed E-state index contributed by atoms with van der Waals surface area (Å²) in [6.07, 6.45) is -1.25. The number of hydrogen-bond donors (Lipinski definition) is 0. The van der Waals surface area contributed by atoms with Crippen LogP contribution in [0.4, 0.5) is 8.78 Å². The molecule has 0 N–H and O–H groups in total. The molecule has 0 amide bonds. The van der Waals surface area contributed by atoms with Crippen LogP contribution in [0.2, 0.25) is 0 Å². The van der Waals surface area contributed by atoms with Gasteiger partial charge in [-0.3, -0.25) is 0 Å². The first-order chi connectivity index (χ1) is 5.16. The fourth-order valence-electron chi connectivity index (χ4n) is 0.589. The largest absolute Gasteiger partial charge is 0.372 e. The second-order valence-electron chi connectivity index (χ2n) is 2.17. The third-order valence-corrected chi connectivity index (χ3v) is 4.39. The Morgan fingerprint density at radius 2 is 1.67 bits per heavy atom. The zero-order chi connectivity index (χ0) is 9.62. The molecule has 0 bridgehead atoms. The lowest BCUT2D eigenvalue weighted by atomic mass is 10.5. The standard InChI is InChI=1S/C3H4F2O5S2/c4-3(5)1-2-11(6,7)10-12(3,8)9/h1-2H2. The predicted molar refractivity (Wildman–Crippen MR) is 33.4 cm³/mol. The van der Waals surface area contributed by atoms with Crippen molar-refractivity contribution in [1.29, 1.82) is 0 Å². The van der Waals surface area contributed by atoms with E-state index < -0.39 is 37.7 Å². The van der Waals surface area contributed by atoms with Crippen LogP contribution >= 0.6 is 0 Å². The molecule has 1 saturated heterocycles. The van der Waals surface area contributed by atoms with Crippen LogP contribution in [0.3, 0.4) is 0 Å². The van der Waals surface area contributed by atoms with Crippen LogP contribution in [0.5, 0.6) is 0 Å². The van der Waals surface area contributed by atoms with Crippen LogP contribution < -0.4 is 0 Å². The summed E-state index contributed by atoms with van der Waals surface area (Å²) in [6.45, 7) is 0. The van der Waals surface area contributed by atoms with Crippen molar-refractivity contribution < 1.29 is 29.2 Å². The molecule has 1 aliphatic rings. The van der Waals surface area contributed by atoms with Crippen LogP contribution in [-0.2, 0) is 23.9 Å². The van der Waals surface area contributed by atoms with Crippen LogP contribution in [0.1, 0.15) is 6.42 Å². The second kappa shape index (κ2) is 2.36. The number of halogens is 2. The van der Waals surface area contributed by atoms with Crippen molar-refractivity contribution in [2.24, 2.45) is 0 Å². The summed E-state index contributed by atoms with van der Waals surface area (Å²) >= 11 is 0. The Morgan fingerprint density at radius 3 is 2.00 bits per heavy atom. The average Bonchev–Trinajstić information content (AvgIpc) is 1.79. The summed E-state index contributed by atoms with van der Waals surface area (Å²) in [4.78, 5) is 0. The maximum absolute atomic E-state index is 12.3. The third kappa shape index (κ3) is 1.57. The summed E-state index contributed by atoms with van der Waals surface area (Å²) in [5.74, 6) is -0.987. The second-order valence-corrected chi connectivity index (χ2v) is 5.74. The highest BCUT2D eigenvalue weighted by molar-refractivity contribution is 8.01. The fraction of sp³-hybridized carbons (Fsp3) is 1.00. The molecular weight excluding hydrogens is 218 g/mol. The molecule has 0 atom stereocenters. The predicted octanol–water partition coefficient (Wildman–Crippen LogP) is -0.341. The monoisotopic (exact) mass is 222 g/mol. The maximum Gasteiger partial charge on any atom is 0.372 e. The first-order valence-corrected chi connectivity index (χ1v) is 5.71. The van der Waals surface area contributed by atoms with E-state index in [1.807, 2.05) is 0 Å². The number of rotatable bonds is 0. The minimum Gasteiger partial charge on any atom is -0.198 e. The molecule has 12 heavy (non-hydrogen) atoms. The molecule has 72 valence electrons. The molecule has 1 rings (SSSR count). The van der Waals surface area contributed by atoms with E-state index in [1.54, 1.807) is 0 Å². The van der Waals surface area contributed by atoms with Gasteiger partial charge in [0.05, 0.1) is 5.75 Å². The van der Waals surface area contributed by atoms with Gasteiger partial charge in [-0.25, -0.2) is 0 Å². The van der Waals surface area contributed by atoms with E-state index in [0.29, 0.717) is 0 Å². The molecule has 0 unspecified atom stereocenters. The minimum atomic E-state index is -5.29. The Balaban J connectivity index is 3.15. The molecule has 0 aromatic rings. The minimum absolute atomic E-state index is 0.987. The molecule has 5 nitrogen and oxygen atoms in total. The van der Waals surface area contributed by atoms with Gasteiger partial charge in [-0.1, -0.05) is 0 Å². The van der Waals surface area contributed by atoms with Gasteiger partial charge in [0.15, 0.2) is 0 Å². The van der Waals surface area contributed by atoms with Crippen molar-refractivity contribution >= 4 is 20.2 Å². The summed E-state index contributed by atoms with van der Waals surface area (Å²) < 4.78 is 69.5. The van der Waals surface area contributed by atoms with Crippen molar-refractivity contribution in [3.8, 4) is 0 Å². The van der Waals surface area contributed by atoms with E-state index in [2.05, 4.69) is 3.63 Å². The SMILES string of the molecule is O=S1(=O)CCC(F)(F)S(=O)(=O)O1. The molecular formula is C3H4F2O5S2. The summed E-state index contributed by atoms with van der Waals surface area (Å²) in [5, 5.41) is -4.10. The molecule has 0 radical (unpaired) electrons. The van der Waals surface area contributed by atoms with E-state index in [1.165, 1.54) is 0 Å². The van der Waals surface area contributed by atoms with Crippen LogP contribution in [0, 0.1) is 0 Å². The van der Waals surface area contributed by atoms with E-state index in [0.717, 1.165) is 0 Å². The Labute approximate surface area is 67.6 Å². The van der Waals surface area contributed by atoms with Crippen molar-refractivity contribution in [2.75, 3.05) is 5.75 Å². The Morgan fingerprint density at radius 1 is 1.17 bits per heavy atom. The zero-order valence-corrected chi connectivity index (χ0v) is 7.16. The lowest BCUT2D eigenvalue weighted by Gasteiger charge is -2.20. The van der Waals surface area contributed by atoms with Gasteiger partial charge >= 0.3 is 15.4 Å². The summed E-state index contributed by atoms with van der Waals surface area (Å²) in [6, 6.07) is 0. The topological polar surface area (TPSA) is 77.5 Å². The van der Waals surface area contributed by atoms with E-state index >= 15 is 0 Å². The number of hydrogen-bond acceptors (Lipinski definition) is 5. The molecule has 1 fully saturated rings. The van der Waals surface area contributed by atoms with Gasteiger partial charge in [-0.2, -0.15) is 25.6 Å². The van der Waals surface area contributed by atoms with E-state index in [9.17, 15) is 25.6 Å². The van der Waals surface area contributed by atoms with Gasteiger partial charge in [0.25, 0.3) is 10.1 Å². The highest BCUT2D eigenvalue weighted by Gasteiger charge is 2.53. The van der Waals surface area contributed by atoms with Gasteiger partial charge in [0.1, 0.15) is 0 Å². The van der Waals surface area contributed by atoms with Gasteiger partial charge in [0, 0.05) is 6.42 Å². The average molecular weight is 222 g/mol. The first-order valence-electron chi connectivity index (χ1n) is 2.72. The molecule has 1 aliphatic heterocycles. The zero-order valence-electron chi connectivity index (χ0n) is 5.53. The van der Waals surface area contributed by atoms with Crippen LogP contribution in [0.25, 0.3) is 0 Å². The molecule has 0 aromatic carbocycles. The van der Waals surface area contributed by atoms with Crippen LogP contribution in [-0.4, -0.2) is 27.8 Å². The number of alkyl halides is 2.